The van der Waals surface area contributed by atoms with Gasteiger partial charge in [-0.2, -0.15) is 0 Å². The number of rotatable bonds is 0. The van der Waals surface area contributed by atoms with Crippen LogP contribution in [-0.2, 0) is 33.6 Å². The Labute approximate surface area is 87.9 Å². The van der Waals surface area contributed by atoms with E-state index in [9.17, 15) is 0 Å². The van der Waals surface area contributed by atoms with Gasteiger partial charge in [0.15, 0.2) is 0 Å². The van der Waals surface area contributed by atoms with E-state index >= 15 is 0 Å². The summed E-state index contributed by atoms with van der Waals surface area (Å²) in [6.45, 7) is 0. The molecular weight excluding hydrogens is 259 g/mol. The maximum atomic E-state index is 0. The van der Waals surface area contributed by atoms with E-state index in [4.69, 9.17) is 0 Å². The molecule has 0 aromatic heterocycles. The largest absolute Gasteiger partial charge is 1.00 e. The van der Waals surface area contributed by atoms with E-state index in [0.717, 1.165) is 0 Å². The molecule has 0 aromatic carbocycles. The fraction of sp³-hybridized carbons (Fsp3) is 0. The summed E-state index contributed by atoms with van der Waals surface area (Å²) in [5, 5.41) is 0. The second-order valence-electron chi connectivity index (χ2n) is 0. The maximum absolute atomic E-state index is 0. The molecule has 4 heavy (non-hydrogen) atoms. The zero-order chi connectivity index (χ0) is 0. The third-order valence-electron chi connectivity index (χ3n) is 0. The molecule has 0 unspecified atom stereocenters. The summed E-state index contributed by atoms with van der Waals surface area (Å²) in [6, 6.07) is 0. The van der Waals surface area contributed by atoms with Crippen LogP contribution in [0.5, 0.6) is 0 Å². The van der Waals surface area contributed by atoms with Crippen LogP contribution in [-0.4, -0.2) is 0 Å². The minimum Gasteiger partial charge on any atom is -1.00 e. The molecule has 0 aliphatic carbocycles. The summed E-state index contributed by atoms with van der Waals surface area (Å²) < 4.78 is 0. The van der Waals surface area contributed by atoms with Crippen LogP contribution in [0.25, 0.3) is 0 Å². The number of hydrogen-bond acceptors (Lipinski definition) is 0. The molecule has 0 amide bonds. The van der Waals surface area contributed by atoms with Crippen LogP contribution < -0.4 is 18.9 Å². The molecule has 0 rings (SSSR count). The fourth-order valence-electron chi connectivity index (χ4n) is 0. The van der Waals surface area contributed by atoms with Crippen molar-refractivity contribution >= 4 is 0 Å². The topological polar surface area (TPSA) is 0 Å². The van der Waals surface area contributed by atoms with Crippen LogP contribution >= 0.6 is 0 Å². The van der Waals surface area contributed by atoms with Crippen LogP contribution in [0.2, 0.25) is 0 Å². The summed E-state index contributed by atoms with van der Waals surface area (Å²) in [5.74, 6) is 0. The van der Waals surface area contributed by atoms with Gasteiger partial charge in [0.2, 0.25) is 0 Å². The first-order chi connectivity index (χ1) is 0. The van der Waals surface area contributed by atoms with Crippen molar-refractivity contribution in [2.75, 3.05) is 0 Å². The van der Waals surface area contributed by atoms with Crippen molar-refractivity contribution in [3.63, 3.8) is 0 Å². The van der Waals surface area contributed by atoms with Gasteiger partial charge >= 0.3 is 18.9 Å². The molecule has 0 bridgehead atoms. The predicted octanol–water partition coefficient (Wildman–Crippen LogP) is -2.89. The van der Waals surface area contributed by atoms with Gasteiger partial charge < -0.3 is 1.43 Å². The van der Waals surface area contributed by atoms with Crippen LogP contribution in [0.3, 0.4) is 0 Å². The molecular formula is HLaLiMnNi. The average molecular weight is 260 g/mol. The summed E-state index contributed by atoms with van der Waals surface area (Å²) in [7, 11) is 0. The Morgan fingerprint density at radius 3 is 1.25 bits per heavy atom. The fourth-order valence-corrected chi connectivity index (χ4v) is 0. The zero-order valence-electron chi connectivity index (χ0n) is 3.27. The molecule has 0 atom stereocenters. The summed E-state index contributed by atoms with van der Waals surface area (Å²) in [5.41, 5.74) is 0. The molecule has 0 saturated heterocycles. The molecule has 0 aliphatic heterocycles. The Morgan fingerprint density at radius 1 is 1.25 bits per heavy atom. The smallest absolute Gasteiger partial charge is 1.00 e. The van der Waals surface area contributed by atoms with E-state index in [1.54, 1.807) is 0 Å². The standard InChI is InChI=1S/La.Li.Mn.Ni.H/q;+1;;;-1. The average Bonchev–Trinajstić information content (AvgIpc) is 0. The van der Waals surface area contributed by atoms with Gasteiger partial charge in [-0.15, -0.1) is 0 Å². The first-order valence-electron chi connectivity index (χ1n) is 0. The van der Waals surface area contributed by atoms with E-state index in [-0.39, 0.29) is 89.4 Å². The zero-order valence-corrected chi connectivity index (χ0v) is 8.07. The molecule has 0 saturated carbocycles. The van der Waals surface area contributed by atoms with Crippen molar-refractivity contribution in [2.45, 2.75) is 0 Å². The van der Waals surface area contributed by atoms with Gasteiger partial charge in [0.25, 0.3) is 0 Å². The minimum absolute atomic E-state index is 0. The first kappa shape index (κ1) is 29.1. The van der Waals surface area contributed by atoms with Gasteiger partial charge in [0.05, 0.1) is 0 Å². The van der Waals surface area contributed by atoms with Crippen molar-refractivity contribution in [2.24, 2.45) is 0 Å². The molecule has 0 N–H and O–H groups in total. The third kappa shape index (κ3) is 8.84. The van der Waals surface area contributed by atoms with Gasteiger partial charge in [-0.05, 0) is 0 Å². The van der Waals surface area contributed by atoms with Gasteiger partial charge in [0.1, 0.15) is 0 Å². The van der Waals surface area contributed by atoms with Gasteiger partial charge in [0, 0.05) is 69.2 Å². The molecule has 0 aromatic rings. The second kappa shape index (κ2) is 17.0. The number of hydrogen-bond donors (Lipinski definition) is 0. The van der Waals surface area contributed by atoms with Crippen LogP contribution in [0.15, 0.2) is 0 Å². The summed E-state index contributed by atoms with van der Waals surface area (Å²) in [4.78, 5) is 0. The third-order valence-corrected chi connectivity index (χ3v) is 0. The van der Waals surface area contributed by atoms with E-state index < -0.39 is 0 Å². The van der Waals surface area contributed by atoms with Crippen molar-refractivity contribution in [1.29, 1.82) is 0 Å². The van der Waals surface area contributed by atoms with Crippen molar-refractivity contribution in [1.82, 2.24) is 0 Å². The summed E-state index contributed by atoms with van der Waals surface area (Å²) in [6.07, 6.45) is 0. The Bertz CT molecular complexity index is 11.6. The van der Waals surface area contributed by atoms with Gasteiger partial charge in [-0.25, -0.2) is 0 Å². The quantitative estimate of drug-likeness (QED) is 0.410. The second-order valence-corrected chi connectivity index (χ2v) is 0. The normalized spacial score (nSPS) is 0. The minimum atomic E-state index is 0. The molecule has 0 nitrogen and oxygen atoms in total. The van der Waals surface area contributed by atoms with Crippen LogP contribution in [0.4, 0.5) is 0 Å². The van der Waals surface area contributed by atoms with Crippen molar-refractivity contribution < 1.29 is 89.4 Å². The summed E-state index contributed by atoms with van der Waals surface area (Å²) >= 11 is 0. The molecule has 2 radical (unpaired) electrons. The Morgan fingerprint density at radius 2 is 1.25 bits per heavy atom. The van der Waals surface area contributed by atoms with Crippen LogP contribution in [0.1, 0.15) is 1.43 Å². The van der Waals surface area contributed by atoms with Gasteiger partial charge in [-0.3, -0.25) is 0 Å². The van der Waals surface area contributed by atoms with E-state index in [0.29, 0.717) is 0 Å². The van der Waals surface area contributed by atoms with E-state index in [1.165, 1.54) is 0 Å². The molecule has 22 valence electrons. The van der Waals surface area contributed by atoms with Gasteiger partial charge in [-0.1, -0.05) is 0 Å². The predicted molar refractivity (Wildman–Crippen MR) is 1.11 cm³/mol. The van der Waals surface area contributed by atoms with Crippen LogP contribution in [0, 0.1) is 35.6 Å². The van der Waals surface area contributed by atoms with Crippen molar-refractivity contribution in [3.05, 3.63) is 0 Å². The van der Waals surface area contributed by atoms with E-state index in [2.05, 4.69) is 0 Å². The molecule has 0 aliphatic rings. The molecule has 4 heteroatoms. The molecule has 0 fully saturated rings. The monoisotopic (exact) mass is 260 g/mol. The Kier molecular flexibility index (Phi) is 124. The first-order valence-corrected chi connectivity index (χ1v) is 0. The van der Waals surface area contributed by atoms with Crippen molar-refractivity contribution in [3.8, 4) is 0 Å². The Hall–Kier alpha value is 2.81. The maximum Gasteiger partial charge on any atom is 1.00 e. The Balaban J connectivity index is 0. The molecule has 0 spiro atoms. The van der Waals surface area contributed by atoms with E-state index in [1.807, 2.05) is 0 Å². The molecule has 0 heterocycles. The SMILES string of the molecule is [H-].[La].[Li+].[Mn].[Ni].